The number of hydrogen-bond donors (Lipinski definition) is 1. The second-order valence-electron chi connectivity index (χ2n) is 6.96. The molecule has 0 heterocycles. The van der Waals surface area contributed by atoms with Crippen LogP contribution in [0.1, 0.15) is 16.7 Å². The first-order chi connectivity index (χ1) is 13.7. The van der Waals surface area contributed by atoms with Crippen LogP contribution < -0.4 is 5.73 Å². The topological polar surface area (TPSA) is 46.3 Å². The van der Waals surface area contributed by atoms with Crippen molar-refractivity contribution < 1.29 is 4.79 Å². The Kier molecular flexibility index (Phi) is 7.16. The van der Waals surface area contributed by atoms with Gasteiger partial charge in [-0.3, -0.25) is 9.69 Å². The Morgan fingerprint density at radius 1 is 0.714 bits per heavy atom. The van der Waals surface area contributed by atoms with E-state index in [-0.39, 0.29) is 5.78 Å². The SMILES string of the molecule is N/C(=C\C(=O)CN(Cc1ccccc1)Cc1ccccc1)Cc1ccccc1. The average Bonchev–Trinajstić information content (AvgIpc) is 2.70. The molecular formula is C25H26N2O. The molecule has 3 heteroatoms. The van der Waals surface area contributed by atoms with Crippen molar-refractivity contribution >= 4 is 5.78 Å². The molecule has 3 aromatic carbocycles. The lowest BCUT2D eigenvalue weighted by molar-refractivity contribution is -0.116. The van der Waals surface area contributed by atoms with Crippen molar-refractivity contribution in [3.8, 4) is 0 Å². The van der Waals surface area contributed by atoms with Crippen molar-refractivity contribution in [2.24, 2.45) is 5.73 Å². The van der Waals surface area contributed by atoms with E-state index in [0.717, 1.165) is 5.56 Å². The molecule has 142 valence electrons. The van der Waals surface area contributed by atoms with Crippen molar-refractivity contribution in [3.05, 3.63) is 119 Å². The Hall–Kier alpha value is -3.17. The maximum Gasteiger partial charge on any atom is 0.171 e. The van der Waals surface area contributed by atoms with Gasteiger partial charge in [-0.05, 0) is 16.7 Å². The van der Waals surface area contributed by atoms with E-state index in [1.54, 1.807) is 6.08 Å². The van der Waals surface area contributed by atoms with Gasteiger partial charge in [0.05, 0.1) is 6.54 Å². The zero-order valence-electron chi connectivity index (χ0n) is 16.0. The van der Waals surface area contributed by atoms with Crippen LogP contribution in [0.3, 0.4) is 0 Å². The van der Waals surface area contributed by atoms with Gasteiger partial charge in [0.25, 0.3) is 0 Å². The van der Waals surface area contributed by atoms with Gasteiger partial charge in [-0.1, -0.05) is 91.0 Å². The number of carbonyl (C=O) groups excluding carboxylic acids is 1. The third kappa shape index (κ3) is 6.53. The molecule has 3 nitrogen and oxygen atoms in total. The van der Waals surface area contributed by atoms with Crippen LogP contribution >= 0.6 is 0 Å². The predicted octanol–water partition coefficient (Wildman–Crippen LogP) is 4.34. The molecule has 3 rings (SSSR count). The second-order valence-corrected chi connectivity index (χ2v) is 6.96. The van der Waals surface area contributed by atoms with E-state index < -0.39 is 0 Å². The van der Waals surface area contributed by atoms with Crippen LogP contribution in [-0.2, 0) is 24.3 Å². The van der Waals surface area contributed by atoms with Gasteiger partial charge in [-0.2, -0.15) is 0 Å². The molecular weight excluding hydrogens is 344 g/mol. The summed E-state index contributed by atoms with van der Waals surface area (Å²) in [5.74, 6) is 0.0280. The number of rotatable bonds is 9. The van der Waals surface area contributed by atoms with Crippen molar-refractivity contribution in [1.82, 2.24) is 4.90 Å². The maximum atomic E-state index is 12.6. The molecule has 0 aliphatic carbocycles. The first kappa shape index (κ1) is 19.6. The first-order valence-electron chi connectivity index (χ1n) is 9.52. The zero-order valence-corrected chi connectivity index (χ0v) is 16.0. The number of benzene rings is 3. The number of allylic oxidation sites excluding steroid dienone is 1. The molecule has 0 saturated carbocycles. The van der Waals surface area contributed by atoms with Gasteiger partial charge in [-0.15, -0.1) is 0 Å². The Morgan fingerprint density at radius 2 is 1.14 bits per heavy atom. The molecule has 28 heavy (non-hydrogen) atoms. The van der Waals surface area contributed by atoms with Crippen LogP contribution in [0.25, 0.3) is 0 Å². The average molecular weight is 370 g/mol. The normalized spacial score (nSPS) is 11.5. The number of carbonyl (C=O) groups is 1. The van der Waals surface area contributed by atoms with Gasteiger partial charge in [0.1, 0.15) is 0 Å². The smallest absolute Gasteiger partial charge is 0.171 e. The summed E-state index contributed by atoms with van der Waals surface area (Å²) in [5.41, 5.74) is 10.2. The lowest BCUT2D eigenvalue weighted by Crippen LogP contribution is -2.29. The molecule has 2 N–H and O–H groups in total. The van der Waals surface area contributed by atoms with Gasteiger partial charge in [-0.25, -0.2) is 0 Å². The highest BCUT2D eigenvalue weighted by Crippen LogP contribution is 2.11. The van der Waals surface area contributed by atoms with Crippen LogP contribution in [-0.4, -0.2) is 17.2 Å². The van der Waals surface area contributed by atoms with Gasteiger partial charge in [0.2, 0.25) is 0 Å². The van der Waals surface area contributed by atoms with E-state index in [9.17, 15) is 4.79 Å². The van der Waals surface area contributed by atoms with E-state index in [1.165, 1.54) is 11.1 Å². The van der Waals surface area contributed by atoms with Crippen molar-refractivity contribution in [2.45, 2.75) is 19.5 Å². The van der Waals surface area contributed by atoms with Crippen LogP contribution in [0.5, 0.6) is 0 Å². The summed E-state index contributed by atoms with van der Waals surface area (Å²) in [6.07, 6.45) is 2.17. The Labute approximate surface area is 167 Å². The van der Waals surface area contributed by atoms with Crippen LogP contribution in [0.15, 0.2) is 103 Å². The fraction of sp³-hybridized carbons (Fsp3) is 0.160. The van der Waals surface area contributed by atoms with Gasteiger partial charge < -0.3 is 5.73 Å². The molecule has 0 saturated heterocycles. The quantitative estimate of drug-likeness (QED) is 0.570. The predicted molar refractivity (Wildman–Crippen MR) is 114 cm³/mol. The van der Waals surface area contributed by atoms with Gasteiger partial charge in [0.15, 0.2) is 5.78 Å². The number of nitrogens with zero attached hydrogens (tertiary/aromatic N) is 1. The monoisotopic (exact) mass is 370 g/mol. The maximum absolute atomic E-state index is 12.6. The minimum absolute atomic E-state index is 0.0280. The van der Waals surface area contributed by atoms with Crippen molar-refractivity contribution in [3.63, 3.8) is 0 Å². The molecule has 0 amide bonds. The van der Waals surface area contributed by atoms with Crippen LogP contribution in [0.2, 0.25) is 0 Å². The molecule has 0 unspecified atom stereocenters. The summed E-state index contributed by atoms with van der Waals surface area (Å²) in [5, 5.41) is 0. The molecule has 0 radical (unpaired) electrons. The van der Waals surface area contributed by atoms with Gasteiger partial charge in [0, 0.05) is 31.3 Å². The van der Waals surface area contributed by atoms with E-state index in [4.69, 9.17) is 5.73 Å². The van der Waals surface area contributed by atoms with E-state index in [2.05, 4.69) is 29.2 Å². The van der Waals surface area contributed by atoms with Gasteiger partial charge >= 0.3 is 0 Å². The molecule has 0 atom stereocenters. The summed E-state index contributed by atoms with van der Waals surface area (Å²) in [6.45, 7) is 1.76. The van der Waals surface area contributed by atoms with Crippen molar-refractivity contribution in [1.29, 1.82) is 0 Å². The van der Waals surface area contributed by atoms with Crippen molar-refractivity contribution in [2.75, 3.05) is 6.54 Å². The molecule has 3 aromatic rings. The van der Waals surface area contributed by atoms with Crippen LogP contribution in [0, 0.1) is 0 Å². The molecule has 0 aliphatic rings. The third-order valence-electron chi connectivity index (χ3n) is 4.47. The molecule has 0 aromatic heterocycles. The molecule has 0 spiro atoms. The highest BCUT2D eigenvalue weighted by atomic mass is 16.1. The lowest BCUT2D eigenvalue weighted by Gasteiger charge is -2.21. The summed E-state index contributed by atoms with van der Waals surface area (Å²) >= 11 is 0. The minimum Gasteiger partial charge on any atom is -0.402 e. The standard InChI is InChI=1S/C25H26N2O/c26-24(16-21-10-4-1-5-11-21)17-25(28)20-27(18-22-12-6-2-7-13-22)19-23-14-8-3-9-15-23/h1-15,17H,16,18-20,26H2/b24-17-. The summed E-state index contributed by atoms with van der Waals surface area (Å²) < 4.78 is 0. The number of ketones is 1. The third-order valence-corrected chi connectivity index (χ3v) is 4.47. The Balaban J connectivity index is 1.67. The van der Waals surface area contributed by atoms with Crippen LogP contribution in [0.4, 0.5) is 0 Å². The van der Waals surface area contributed by atoms with E-state index >= 15 is 0 Å². The van der Waals surface area contributed by atoms with E-state index in [1.807, 2.05) is 66.7 Å². The highest BCUT2D eigenvalue weighted by molar-refractivity contribution is 5.92. The summed E-state index contributed by atoms with van der Waals surface area (Å²) in [6, 6.07) is 30.4. The summed E-state index contributed by atoms with van der Waals surface area (Å²) in [7, 11) is 0. The van der Waals surface area contributed by atoms with E-state index in [0.29, 0.717) is 31.8 Å². The Bertz CT molecular complexity index is 848. The molecule has 0 bridgehead atoms. The Morgan fingerprint density at radius 3 is 1.61 bits per heavy atom. The highest BCUT2D eigenvalue weighted by Gasteiger charge is 2.11. The largest absolute Gasteiger partial charge is 0.402 e. The fourth-order valence-corrected chi connectivity index (χ4v) is 3.21. The summed E-state index contributed by atoms with van der Waals surface area (Å²) in [4.78, 5) is 14.8. The first-order valence-corrected chi connectivity index (χ1v) is 9.52. The molecule has 0 aliphatic heterocycles. The zero-order chi connectivity index (χ0) is 19.6. The molecule has 0 fully saturated rings. The number of hydrogen-bond acceptors (Lipinski definition) is 3. The second kappa shape index (κ2) is 10.2. The number of nitrogens with two attached hydrogens (primary N) is 1. The lowest BCUT2D eigenvalue weighted by atomic mass is 10.1. The minimum atomic E-state index is 0.0280. The fourth-order valence-electron chi connectivity index (χ4n) is 3.21.